The SMILES string of the molecule is Nc1c(-c2ccco2)nc2n1CCCN2. The maximum absolute atomic E-state index is 6.02. The molecule has 1 aliphatic heterocycles. The highest BCUT2D eigenvalue weighted by molar-refractivity contribution is 5.69. The Labute approximate surface area is 86.9 Å². The van der Waals surface area contributed by atoms with Crippen molar-refractivity contribution in [2.24, 2.45) is 0 Å². The zero-order valence-electron chi connectivity index (χ0n) is 8.23. The molecule has 0 amide bonds. The van der Waals surface area contributed by atoms with Gasteiger partial charge in [0.05, 0.1) is 6.26 Å². The second-order valence-corrected chi connectivity index (χ2v) is 3.58. The number of imidazole rings is 1. The summed E-state index contributed by atoms with van der Waals surface area (Å²) in [4.78, 5) is 4.43. The van der Waals surface area contributed by atoms with Crippen LogP contribution in [0.25, 0.3) is 11.5 Å². The Balaban J connectivity index is 2.13. The molecule has 0 saturated heterocycles. The van der Waals surface area contributed by atoms with Crippen molar-refractivity contribution in [1.29, 1.82) is 0 Å². The first-order valence-corrected chi connectivity index (χ1v) is 5.00. The predicted molar refractivity (Wildman–Crippen MR) is 57.4 cm³/mol. The van der Waals surface area contributed by atoms with E-state index < -0.39 is 0 Å². The summed E-state index contributed by atoms with van der Waals surface area (Å²) >= 11 is 0. The lowest BCUT2D eigenvalue weighted by molar-refractivity contribution is 0.580. The van der Waals surface area contributed by atoms with E-state index in [0.29, 0.717) is 5.82 Å². The zero-order valence-corrected chi connectivity index (χ0v) is 8.23. The first-order valence-electron chi connectivity index (χ1n) is 5.00. The quantitative estimate of drug-likeness (QED) is 0.739. The van der Waals surface area contributed by atoms with Crippen LogP contribution in [0.3, 0.4) is 0 Å². The summed E-state index contributed by atoms with van der Waals surface area (Å²) in [6.45, 7) is 1.87. The van der Waals surface area contributed by atoms with Crippen LogP contribution in [0.1, 0.15) is 6.42 Å². The van der Waals surface area contributed by atoms with Crippen LogP contribution in [-0.2, 0) is 6.54 Å². The number of nitrogens with zero attached hydrogens (tertiary/aromatic N) is 2. The number of furan rings is 1. The largest absolute Gasteiger partial charge is 0.463 e. The van der Waals surface area contributed by atoms with E-state index in [2.05, 4.69) is 10.3 Å². The molecule has 2 aromatic rings. The topological polar surface area (TPSA) is 69.0 Å². The maximum atomic E-state index is 6.02. The van der Waals surface area contributed by atoms with Crippen molar-refractivity contribution in [2.75, 3.05) is 17.6 Å². The fraction of sp³-hybridized carbons (Fsp3) is 0.300. The van der Waals surface area contributed by atoms with Crippen molar-refractivity contribution in [3.8, 4) is 11.5 Å². The van der Waals surface area contributed by atoms with E-state index in [1.165, 1.54) is 0 Å². The molecule has 15 heavy (non-hydrogen) atoms. The molecule has 0 radical (unpaired) electrons. The number of rotatable bonds is 1. The molecule has 3 rings (SSSR count). The molecule has 0 spiro atoms. The number of nitrogen functional groups attached to an aromatic ring is 1. The van der Waals surface area contributed by atoms with Gasteiger partial charge in [-0.05, 0) is 18.6 Å². The molecule has 1 aliphatic rings. The van der Waals surface area contributed by atoms with Gasteiger partial charge in [0.25, 0.3) is 0 Å². The van der Waals surface area contributed by atoms with Gasteiger partial charge in [-0.2, -0.15) is 0 Å². The Morgan fingerprint density at radius 3 is 3.20 bits per heavy atom. The molecular formula is C10H12N4O. The lowest BCUT2D eigenvalue weighted by Gasteiger charge is -2.15. The highest BCUT2D eigenvalue weighted by Gasteiger charge is 2.19. The Morgan fingerprint density at radius 1 is 1.53 bits per heavy atom. The third kappa shape index (κ3) is 1.20. The Morgan fingerprint density at radius 2 is 2.47 bits per heavy atom. The molecule has 2 aromatic heterocycles. The minimum atomic E-state index is 0.673. The van der Waals surface area contributed by atoms with Gasteiger partial charge in [0.15, 0.2) is 5.76 Å². The lowest BCUT2D eigenvalue weighted by atomic mass is 10.3. The number of aromatic nitrogens is 2. The minimum Gasteiger partial charge on any atom is -0.463 e. The number of anilines is 2. The highest BCUT2D eigenvalue weighted by atomic mass is 16.3. The molecule has 5 nitrogen and oxygen atoms in total. The lowest BCUT2D eigenvalue weighted by Crippen LogP contribution is -2.18. The molecule has 0 atom stereocenters. The summed E-state index contributed by atoms with van der Waals surface area (Å²) in [5.41, 5.74) is 6.74. The molecule has 0 bridgehead atoms. The second kappa shape index (κ2) is 3.05. The molecule has 3 N–H and O–H groups in total. The van der Waals surface area contributed by atoms with Gasteiger partial charge in [0.1, 0.15) is 11.5 Å². The maximum Gasteiger partial charge on any atom is 0.205 e. The Hall–Kier alpha value is -1.91. The molecule has 0 saturated carbocycles. The van der Waals surface area contributed by atoms with Crippen LogP contribution in [0.15, 0.2) is 22.8 Å². The van der Waals surface area contributed by atoms with Gasteiger partial charge in [0, 0.05) is 13.1 Å². The summed E-state index contributed by atoms with van der Waals surface area (Å²) in [5, 5.41) is 3.22. The van der Waals surface area contributed by atoms with Crippen molar-refractivity contribution in [1.82, 2.24) is 9.55 Å². The average molecular weight is 204 g/mol. The average Bonchev–Trinajstić information content (AvgIpc) is 2.87. The van der Waals surface area contributed by atoms with Gasteiger partial charge < -0.3 is 15.5 Å². The van der Waals surface area contributed by atoms with Gasteiger partial charge in [-0.15, -0.1) is 0 Å². The van der Waals surface area contributed by atoms with E-state index in [9.17, 15) is 0 Å². The standard InChI is InChI=1S/C10H12N4O/c11-9-8(7-3-1-6-15-7)13-10-12-4-2-5-14(9)10/h1,3,6H,2,4-5,11H2,(H,12,13). The minimum absolute atomic E-state index is 0.673. The summed E-state index contributed by atoms with van der Waals surface area (Å²) < 4.78 is 7.28. The van der Waals surface area contributed by atoms with Crippen LogP contribution >= 0.6 is 0 Å². The third-order valence-electron chi connectivity index (χ3n) is 2.60. The van der Waals surface area contributed by atoms with Gasteiger partial charge in [-0.25, -0.2) is 4.98 Å². The zero-order chi connectivity index (χ0) is 10.3. The fourth-order valence-corrected chi connectivity index (χ4v) is 1.86. The Bertz CT molecular complexity index is 472. The number of nitrogens with two attached hydrogens (primary N) is 1. The van der Waals surface area contributed by atoms with E-state index in [1.54, 1.807) is 6.26 Å². The molecule has 0 fully saturated rings. The third-order valence-corrected chi connectivity index (χ3v) is 2.60. The number of hydrogen-bond acceptors (Lipinski definition) is 4. The van der Waals surface area contributed by atoms with Crippen molar-refractivity contribution in [2.45, 2.75) is 13.0 Å². The first kappa shape index (κ1) is 8.40. The van der Waals surface area contributed by atoms with E-state index >= 15 is 0 Å². The van der Waals surface area contributed by atoms with Crippen LogP contribution in [0, 0.1) is 0 Å². The molecule has 0 unspecified atom stereocenters. The van der Waals surface area contributed by atoms with Crippen molar-refractivity contribution >= 4 is 11.8 Å². The smallest absolute Gasteiger partial charge is 0.205 e. The molecule has 3 heterocycles. The summed E-state index contributed by atoms with van der Waals surface area (Å²) in [7, 11) is 0. The van der Waals surface area contributed by atoms with Gasteiger partial charge in [0.2, 0.25) is 5.95 Å². The summed E-state index contributed by atoms with van der Waals surface area (Å²) in [6, 6.07) is 3.70. The molecular weight excluding hydrogens is 192 g/mol. The second-order valence-electron chi connectivity index (χ2n) is 3.58. The highest BCUT2D eigenvalue weighted by Crippen LogP contribution is 2.30. The monoisotopic (exact) mass is 204 g/mol. The normalized spacial score (nSPS) is 14.7. The van der Waals surface area contributed by atoms with E-state index in [4.69, 9.17) is 10.2 Å². The van der Waals surface area contributed by atoms with Crippen LogP contribution in [-0.4, -0.2) is 16.1 Å². The molecule has 0 aromatic carbocycles. The van der Waals surface area contributed by atoms with Crippen LogP contribution in [0.2, 0.25) is 0 Å². The molecule has 0 aliphatic carbocycles. The molecule has 78 valence electrons. The first-order chi connectivity index (χ1) is 7.36. The number of fused-ring (bicyclic) bond motifs is 1. The predicted octanol–water partition coefficient (Wildman–Crippen LogP) is 1.54. The number of hydrogen-bond donors (Lipinski definition) is 2. The van der Waals surface area contributed by atoms with Crippen molar-refractivity contribution in [3.05, 3.63) is 18.4 Å². The van der Waals surface area contributed by atoms with Crippen LogP contribution < -0.4 is 11.1 Å². The van der Waals surface area contributed by atoms with Gasteiger partial charge in [-0.3, -0.25) is 4.57 Å². The van der Waals surface area contributed by atoms with Crippen molar-refractivity contribution in [3.63, 3.8) is 0 Å². The fourth-order valence-electron chi connectivity index (χ4n) is 1.86. The van der Waals surface area contributed by atoms with E-state index in [1.807, 2.05) is 16.7 Å². The van der Waals surface area contributed by atoms with E-state index in [0.717, 1.165) is 36.9 Å². The van der Waals surface area contributed by atoms with Crippen molar-refractivity contribution < 1.29 is 4.42 Å². The summed E-state index contributed by atoms with van der Waals surface area (Å²) in [5.74, 6) is 2.23. The number of nitrogens with one attached hydrogen (secondary N) is 1. The summed E-state index contributed by atoms with van der Waals surface area (Å²) in [6.07, 6.45) is 2.70. The van der Waals surface area contributed by atoms with E-state index in [-0.39, 0.29) is 0 Å². The molecule has 5 heteroatoms. The van der Waals surface area contributed by atoms with Crippen LogP contribution in [0.5, 0.6) is 0 Å². The van der Waals surface area contributed by atoms with Crippen LogP contribution in [0.4, 0.5) is 11.8 Å². The van der Waals surface area contributed by atoms with Gasteiger partial charge in [-0.1, -0.05) is 0 Å². The Kier molecular flexibility index (Phi) is 1.71. The van der Waals surface area contributed by atoms with Gasteiger partial charge >= 0.3 is 0 Å².